The number of benzene rings is 1. The van der Waals surface area contributed by atoms with Crippen LogP contribution in [0.3, 0.4) is 0 Å². The summed E-state index contributed by atoms with van der Waals surface area (Å²) in [5, 5.41) is 0.545. The fraction of sp³-hybridized carbons (Fsp3) is 0.458. The first-order valence-electron chi connectivity index (χ1n) is 11.2. The molecule has 182 valence electrons. The van der Waals surface area contributed by atoms with Crippen molar-refractivity contribution >= 4 is 23.4 Å². The Kier molecular flexibility index (Phi) is 7.87. The summed E-state index contributed by atoms with van der Waals surface area (Å²) in [6, 6.07) is 10.3. The summed E-state index contributed by atoms with van der Waals surface area (Å²) >= 11 is 6.09. The van der Waals surface area contributed by atoms with Gasteiger partial charge < -0.3 is 28.7 Å². The highest BCUT2D eigenvalue weighted by Gasteiger charge is 2.42. The Morgan fingerprint density at radius 3 is 2.68 bits per heavy atom. The van der Waals surface area contributed by atoms with E-state index in [1.54, 1.807) is 46.2 Å². The van der Waals surface area contributed by atoms with E-state index in [1.807, 2.05) is 0 Å². The number of aromatic nitrogens is 1. The van der Waals surface area contributed by atoms with E-state index in [9.17, 15) is 9.59 Å². The first kappa shape index (κ1) is 24.3. The third-order valence-electron chi connectivity index (χ3n) is 5.86. The summed E-state index contributed by atoms with van der Waals surface area (Å²) in [7, 11) is 1.50. The van der Waals surface area contributed by atoms with Crippen LogP contribution in [0.5, 0.6) is 11.6 Å². The van der Waals surface area contributed by atoms with Crippen molar-refractivity contribution in [2.45, 2.75) is 12.0 Å². The van der Waals surface area contributed by atoms with Crippen molar-refractivity contribution in [3.05, 3.63) is 53.2 Å². The van der Waals surface area contributed by atoms with Gasteiger partial charge in [-0.25, -0.2) is 4.98 Å². The standard InChI is InChI=1S/C24H28ClN3O6/c1-31-21-13-18(5-6-26-21)23(30)28-9-12-34-24(16-28,15-22(29)27-7-10-32-11-8-27)17-33-20-4-2-3-19(25)14-20/h2-6,13-14H,7-12,15-17H2,1H3. The highest BCUT2D eigenvalue weighted by atomic mass is 35.5. The summed E-state index contributed by atoms with van der Waals surface area (Å²) < 4.78 is 22.7. The quantitative estimate of drug-likeness (QED) is 0.589. The fourth-order valence-corrected chi connectivity index (χ4v) is 4.25. The Morgan fingerprint density at radius 2 is 1.91 bits per heavy atom. The van der Waals surface area contributed by atoms with E-state index in [0.717, 1.165) is 0 Å². The van der Waals surface area contributed by atoms with Gasteiger partial charge >= 0.3 is 0 Å². The number of halogens is 1. The fourth-order valence-electron chi connectivity index (χ4n) is 4.07. The second-order valence-corrected chi connectivity index (χ2v) is 8.70. The molecule has 3 heterocycles. The molecule has 1 aromatic carbocycles. The Morgan fingerprint density at radius 1 is 1.12 bits per heavy atom. The van der Waals surface area contributed by atoms with Crippen molar-refractivity contribution in [2.24, 2.45) is 0 Å². The summed E-state index contributed by atoms with van der Waals surface area (Å²) in [4.78, 5) is 34.0. The average Bonchev–Trinajstić information content (AvgIpc) is 2.88. The lowest BCUT2D eigenvalue weighted by Gasteiger charge is -2.43. The molecule has 0 aliphatic carbocycles. The molecule has 2 aromatic rings. The second kappa shape index (κ2) is 11.0. The summed E-state index contributed by atoms with van der Waals surface area (Å²) in [5.74, 6) is 0.682. The maximum absolute atomic E-state index is 13.3. The monoisotopic (exact) mass is 489 g/mol. The van der Waals surface area contributed by atoms with Crippen LogP contribution in [-0.2, 0) is 14.3 Å². The minimum absolute atomic E-state index is 0.0575. The molecule has 0 spiro atoms. The zero-order valence-electron chi connectivity index (χ0n) is 19.1. The number of nitrogens with zero attached hydrogens (tertiary/aromatic N) is 3. The topological polar surface area (TPSA) is 90.4 Å². The van der Waals surface area contributed by atoms with Crippen LogP contribution >= 0.6 is 11.6 Å². The molecule has 34 heavy (non-hydrogen) atoms. The number of methoxy groups -OCH3 is 1. The van der Waals surface area contributed by atoms with E-state index in [0.29, 0.717) is 55.1 Å². The van der Waals surface area contributed by atoms with Gasteiger partial charge in [0.1, 0.15) is 18.0 Å². The molecule has 10 heteroatoms. The van der Waals surface area contributed by atoms with E-state index < -0.39 is 5.60 Å². The maximum Gasteiger partial charge on any atom is 0.254 e. The van der Waals surface area contributed by atoms with Crippen LogP contribution in [0.25, 0.3) is 0 Å². The Bertz CT molecular complexity index is 1020. The zero-order valence-corrected chi connectivity index (χ0v) is 19.8. The molecular formula is C24H28ClN3O6. The van der Waals surface area contributed by atoms with Crippen LogP contribution in [-0.4, -0.2) is 91.9 Å². The van der Waals surface area contributed by atoms with Gasteiger partial charge in [-0.3, -0.25) is 9.59 Å². The number of pyridine rings is 1. The smallest absolute Gasteiger partial charge is 0.254 e. The van der Waals surface area contributed by atoms with Crippen LogP contribution in [0.1, 0.15) is 16.8 Å². The maximum atomic E-state index is 13.3. The molecule has 1 atom stereocenters. The molecule has 0 radical (unpaired) electrons. The number of amides is 2. The zero-order chi connectivity index (χ0) is 24.0. The van der Waals surface area contributed by atoms with Crippen molar-refractivity contribution in [1.82, 2.24) is 14.8 Å². The number of rotatable bonds is 7. The van der Waals surface area contributed by atoms with Crippen molar-refractivity contribution in [3.8, 4) is 11.6 Å². The van der Waals surface area contributed by atoms with Gasteiger partial charge in [-0.05, 0) is 24.3 Å². The van der Waals surface area contributed by atoms with Gasteiger partial charge in [0.25, 0.3) is 5.91 Å². The third kappa shape index (κ3) is 5.97. The number of ether oxygens (including phenoxy) is 4. The molecule has 2 amide bonds. The molecule has 1 unspecified atom stereocenters. The molecule has 1 aromatic heterocycles. The van der Waals surface area contributed by atoms with Gasteiger partial charge in [0.05, 0.1) is 39.9 Å². The molecule has 0 N–H and O–H groups in total. The number of morpholine rings is 2. The Labute approximate surface area is 203 Å². The van der Waals surface area contributed by atoms with E-state index in [2.05, 4.69) is 4.98 Å². The van der Waals surface area contributed by atoms with Crippen LogP contribution in [0.4, 0.5) is 0 Å². The van der Waals surface area contributed by atoms with Gasteiger partial charge in [-0.15, -0.1) is 0 Å². The molecule has 2 saturated heterocycles. The number of carbonyl (C=O) groups is 2. The molecule has 2 aliphatic rings. The Balaban J connectivity index is 1.54. The lowest BCUT2D eigenvalue weighted by Crippen LogP contribution is -2.58. The molecule has 0 bridgehead atoms. The van der Waals surface area contributed by atoms with Gasteiger partial charge in [0.15, 0.2) is 0 Å². The largest absolute Gasteiger partial charge is 0.490 e. The average molecular weight is 490 g/mol. The molecular weight excluding hydrogens is 462 g/mol. The molecule has 2 fully saturated rings. The molecule has 9 nitrogen and oxygen atoms in total. The van der Waals surface area contributed by atoms with Crippen LogP contribution in [0.15, 0.2) is 42.6 Å². The Hall–Kier alpha value is -2.88. The van der Waals surface area contributed by atoms with Gasteiger partial charge in [-0.2, -0.15) is 0 Å². The van der Waals surface area contributed by atoms with Crippen molar-refractivity contribution in [1.29, 1.82) is 0 Å². The normalized spacial score (nSPS) is 20.6. The van der Waals surface area contributed by atoms with E-state index >= 15 is 0 Å². The second-order valence-electron chi connectivity index (χ2n) is 8.26. The van der Waals surface area contributed by atoms with Gasteiger partial charge in [0, 0.05) is 42.5 Å². The predicted octanol–water partition coefficient (Wildman–Crippen LogP) is 2.28. The van der Waals surface area contributed by atoms with Gasteiger partial charge in [-0.1, -0.05) is 17.7 Å². The first-order chi connectivity index (χ1) is 16.5. The molecule has 0 saturated carbocycles. The highest BCUT2D eigenvalue weighted by Crippen LogP contribution is 2.27. The van der Waals surface area contributed by atoms with E-state index in [-0.39, 0.29) is 38.0 Å². The summed E-state index contributed by atoms with van der Waals surface area (Å²) in [6.45, 7) is 3.05. The third-order valence-corrected chi connectivity index (χ3v) is 6.10. The van der Waals surface area contributed by atoms with Crippen molar-refractivity contribution in [2.75, 3.05) is 59.7 Å². The van der Waals surface area contributed by atoms with E-state index in [4.69, 9.17) is 30.5 Å². The molecule has 2 aliphatic heterocycles. The predicted molar refractivity (Wildman–Crippen MR) is 124 cm³/mol. The van der Waals surface area contributed by atoms with Crippen molar-refractivity contribution in [3.63, 3.8) is 0 Å². The number of hydrogen-bond donors (Lipinski definition) is 0. The summed E-state index contributed by atoms with van der Waals surface area (Å²) in [5.41, 5.74) is -0.555. The minimum Gasteiger partial charge on any atom is -0.490 e. The van der Waals surface area contributed by atoms with Crippen LogP contribution in [0, 0.1) is 0 Å². The number of carbonyl (C=O) groups excluding carboxylic acids is 2. The molecule has 4 rings (SSSR count). The first-order valence-corrected chi connectivity index (χ1v) is 11.5. The van der Waals surface area contributed by atoms with Crippen LogP contribution < -0.4 is 9.47 Å². The van der Waals surface area contributed by atoms with Gasteiger partial charge in [0.2, 0.25) is 11.8 Å². The SMILES string of the molecule is COc1cc(C(=O)N2CCOC(COc3cccc(Cl)c3)(CC(=O)N3CCOCC3)C2)ccn1. The lowest BCUT2D eigenvalue weighted by atomic mass is 9.96. The van der Waals surface area contributed by atoms with Crippen LogP contribution in [0.2, 0.25) is 5.02 Å². The van der Waals surface area contributed by atoms with Crippen molar-refractivity contribution < 1.29 is 28.5 Å². The highest BCUT2D eigenvalue weighted by molar-refractivity contribution is 6.30. The summed E-state index contributed by atoms with van der Waals surface area (Å²) in [6.07, 6.45) is 1.61. The lowest BCUT2D eigenvalue weighted by molar-refractivity contribution is -0.155. The number of hydrogen-bond acceptors (Lipinski definition) is 7. The minimum atomic E-state index is -1.01. The van der Waals surface area contributed by atoms with E-state index in [1.165, 1.54) is 13.3 Å².